The van der Waals surface area contributed by atoms with Crippen LogP contribution in [0.3, 0.4) is 0 Å². The van der Waals surface area contributed by atoms with Crippen LogP contribution in [0.2, 0.25) is 0 Å². The third kappa shape index (κ3) is 12.0. The van der Waals surface area contributed by atoms with Crippen LogP contribution in [0.4, 0.5) is 0 Å². The molecule has 0 saturated heterocycles. The fraction of sp³-hybridized carbons (Fsp3) is 0.250. The Morgan fingerprint density at radius 1 is 0.300 bits per heavy atom. The maximum absolute atomic E-state index is 12.1. The molecule has 60 heavy (non-hydrogen) atoms. The number of phenols is 3. The topological polar surface area (TPSA) is 148 Å². The van der Waals surface area contributed by atoms with Gasteiger partial charge in [0.2, 0.25) is 0 Å². The van der Waals surface area contributed by atoms with Gasteiger partial charge in [0.05, 0.1) is 34.2 Å². The van der Waals surface area contributed by atoms with Gasteiger partial charge in [-0.1, -0.05) is 36.4 Å². The lowest BCUT2D eigenvalue weighted by Crippen LogP contribution is -2.27. The first-order valence-corrected chi connectivity index (χ1v) is 20.3. The van der Waals surface area contributed by atoms with Crippen LogP contribution in [-0.2, 0) is 58.5 Å². The van der Waals surface area contributed by atoms with Crippen molar-refractivity contribution in [3.05, 3.63) is 197 Å². The Bertz CT molecular complexity index is 1920. The summed E-state index contributed by atoms with van der Waals surface area (Å²) in [5.74, 6) is -0.295. The van der Waals surface area contributed by atoms with Crippen LogP contribution >= 0.6 is 0 Å². The lowest BCUT2D eigenvalue weighted by Gasteiger charge is -2.26. The van der Waals surface area contributed by atoms with Crippen molar-refractivity contribution >= 4 is 0 Å². The van der Waals surface area contributed by atoms with E-state index in [1.165, 1.54) is 0 Å². The standard InChI is InChI=1S/C48H51N9O3/c58-46-43(19-28-55(31-37-13-1-7-22-49-37)32-38-14-2-8-23-50-38)47(59)45(21-30-57(35-41-17-5-11-26-53-41)36-42-18-6-12-27-54-42)48(60)44(46)20-29-56(33-39-15-3-9-24-51-39)34-40-16-4-10-25-52-40/h1-18,22-27,58-60H,19-21,28-36H2. The van der Waals surface area contributed by atoms with Crippen LogP contribution in [0, 0.1) is 0 Å². The Kier molecular flexibility index (Phi) is 14.8. The number of pyridine rings is 6. The van der Waals surface area contributed by atoms with E-state index in [4.69, 9.17) is 0 Å². The fourth-order valence-corrected chi connectivity index (χ4v) is 7.37. The van der Waals surface area contributed by atoms with Crippen molar-refractivity contribution in [2.75, 3.05) is 19.6 Å². The molecule has 0 radical (unpaired) electrons. The highest BCUT2D eigenvalue weighted by Gasteiger charge is 2.26. The van der Waals surface area contributed by atoms with E-state index in [1.54, 1.807) is 37.2 Å². The van der Waals surface area contributed by atoms with Gasteiger partial charge in [0.25, 0.3) is 0 Å². The number of hydrogen-bond acceptors (Lipinski definition) is 12. The molecule has 0 aliphatic rings. The summed E-state index contributed by atoms with van der Waals surface area (Å²) in [6, 6.07) is 35.1. The van der Waals surface area contributed by atoms with Crippen molar-refractivity contribution in [1.29, 1.82) is 0 Å². The third-order valence-corrected chi connectivity index (χ3v) is 10.4. The lowest BCUT2D eigenvalue weighted by atomic mass is 9.94. The normalized spacial score (nSPS) is 11.4. The van der Waals surface area contributed by atoms with Gasteiger partial charge in [-0.2, -0.15) is 0 Å². The molecule has 6 heterocycles. The first-order valence-electron chi connectivity index (χ1n) is 20.3. The van der Waals surface area contributed by atoms with Gasteiger partial charge in [-0.05, 0) is 92.1 Å². The van der Waals surface area contributed by atoms with Gasteiger partial charge < -0.3 is 15.3 Å². The maximum Gasteiger partial charge on any atom is 0.129 e. The quantitative estimate of drug-likeness (QED) is 0.0694. The molecule has 0 spiro atoms. The van der Waals surface area contributed by atoms with E-state index in [0.29, 0.717) is 94.9 Å². The predicted molar refractivity (Wildman–Crippen MR) is 230 cm³/mol. The molecule has 12 nitrogen and oxygen atoms in total. The SMILES string of the molecule is Oc1c(CCN(Cc2ccccn2)Cc2ccccn2)c(O)c(CCN(Cc2ccccn2)Cc2ccccn2)c(O)c1CCN(Cc1ccccn1)Cc1ccccn1. The highest BCUT2D eigenvalue weighted by atomic mass is 16.3. The largest absolute Gasteiger partial charge is 0.507 e. The first-order chi connectivity index (χ1) is 29.5. The zero-order chi connectivity index (χ0) is 41.4. The summed E-state index contributed by atoms with van der Waals surface area (Å²) in [7, 11) is 0. The van der Waals surface area contributed by atoms with Crippen molar-refractivity contribution in [3.63, 3.8) is 0 Å². The lowest BCUT2D eigenvalue weighted by molar-refractivity contribution is 0.246. The Hall–Kier alpha value is -6.60. The molecule has 0 unspecified atom stereocenters. The summed E-state index contributed by atoms with van der Waals surface area (Å²) < 4.78 is 0. The third-order valence-electron chi connectivity index (χ3n) is 10.4. The number of benzene rings is 1. The first kappa shape index (κ1) is 41.6. The smallest absolute Gasteiger partial charge is 0.129 e. The maximum atomic E-state index is 12.1. The molecular formula is C48H51N9O3. The Morgan fingerprint density at radius 3 is 0.667 bits per heavy atom. The van der Waals surface area contributed by atoms with Crippen molar-refractivity contribution in [2.24, 2.45) is 0 Å². The number of hydrogen-bond donors (Lipinski definition) is 3. The predicted octanol–water partition coefficient (Wildman–Crippen LogP) is 6.91. The molecule has 7 rings (SSSR count). The molecule has 7 aromatic rings. The van der Waals surface area contributed by atoms with Crippen molar-refractivity contribution in [2.45, 2.75) is 58.5 Å². The Labute approximate surface area is 351 Å². The highest BCUT2D eigenvalue weighted by molar-refractivity contribution is 5.61. The van der Waals surface area contributed by atoms with Crippen LogP contribution in [0.5, 0.6) is 17.2 Å². The average molecular weight is 802 g/mol. The fourth-order valence-electron chi connectivity index (χ4n) is 7.37. The molecule has 3 N–H and O–H groups in total. The summed E-state index contributed by atoms with van der Waals surface area (Å²) in [6.07, 6.45) is 11.6. The van der Waals surface area contributed by atoms with Crippen LogP contribution in [0.15, 0.2) is 146 Å². The van der Waals surface area contributed by atoms with Crippen molar-refractivity contribution in [1.82, 2.24) is 44.6 Å². The molecule has 0 amide bonds. The van der Waals surface area contributed by atoms with E-state index in [-0.39, 0.29) is 17.2 Å². The summed E-state index contributed by atoms with van der Waals surface area (Å²) in [5.41, 5.74) is 6.58. The van der Waals surface area contributed by atoms with E-state index >= 15 is 0 Å². The average Bonchev–Trinajstić information content (AvgIpc) is 3.28. The van der Waals surface area contributed by atoms with Crippen LogP contribution in [0.25, 0.3) is 0 Å². The van der Waals surface area contributed by atoms with Crippen LogP contribution in [-0.4, -0.2) is 79.6 Å². The molecule has 0 bridgehead atoms. The Balaban J connectivity index is 1.20. The molecule has 0 atom stereocenters. The molecule has 0 aliphatic heterocycles. The summed E-state index contributed by atoms with van der Waals surface area (Å²) in [4.78, 5) is 34.0. The number of aromatic hydroxyl groups is 3. The zero-order valence-corrected chi connectivity index (χ0v) is 33.7. The molecule has 306 valence electrons. The monoisotopic (exact) mass is 801 g/mol. The molecule has 0 aliphatic carbocycles. The van der Waals surface area contributed by atoms with Gasteiger partial charge in [-0.25, -0.2) is 0 Å². The Morgan fingerprint density at radius 2 is 0.500 bits per heavy atom. The molecule has 1 aromatic carbocycles. The summed E-state index contributed by atoms with van der Waals surface area (Å²) >= 11 is 0. The van der Waals surface area contributed by atoms with Gasteiger partial charge in [0.15, 0.2) is 0 Å². The van der Waals surface area contributed by atoms with Crippen LogP contribution in [0.1, 0.15) is 50.9 Å². The number of aromatic nitrogens is 6. The molecule has 12 heteroatoms. The summed E-state index contributed by atoms with van der Waals surface area (Å²) in [6.45, 7) is 4.71. The summed E-state index contributed by atoms with van der Waals surface area (Å²) in [5, 5.41) is 36.3. The molecule has 0 fully saturated rings. The second kappa shape index (κ2) is 21.4. The second-order valence-corrected chi connectivity index (χ2v) is 14.8. The minimum atomic E-state index is -0.0983. The molecule has 6 aromatic heterocycles. The van der Waals surface area contributed by atoms with Gasteiger partial charge >= 0.3 is 0 Å². The van der Waals surface area contributed by atoms with E-state index in [9.17, 15) is 15.3 Å². The van der Waals surface area contributed by atoms with Gasteiger partial charge in [-0.15, -0.1) is 0 Å². The van der Waals surface area contributed by atoms with Crippen molar-refractivity contribution < 1.29 is 15.3 Å². The molecule has 0 saturated carbocycles. The van der Waals surface area contributed by atoms with Crippen molar-refractivity contribution in [3.8, 4) is 17.2 Å². The number of nitrogens with zero attached hydrogens (tertiary/aromatic N) is 9. The van der Waals surface area contributed by atoms with Gasteiger partial charge in [-0.3, -0.25) is 44.6 Å². The minimum absolute atomic E-state index is 0.0983. The molecular weight excluding hydrogens is 751 g/mol. The highest BCUT2D eigenvalue weighted by Crippen LogP contribution is 2.43. The van der Waals surface area contributed by atoms with Gasteiger partial charge in [0, 0.05) is 113 Å². The number of rotatable bonds is 21. The van der Waals surface area contributed by atoms with Crippen LogP contribution < -0.4 is 0 Å². The zero-order valence-electron chi connectivity index (χ0n) is 33.7. The van der Waals surface area contributed by atoms with E-state index in [2.05, 4.69) is 44.6 Å². The van der Waals surface area contributed by atoms with E-state index in [1.807, 2.05) is 109 Å². The van der Waals surface area contributed by atoms with E-state index < -0.39 is 0 Å². The van der Waals surface area contributed by atoms with Gasteiger partial charge in [0.1, 0.15) is 17.2 Å². The second-order valence-electron chi connectivity index (χ2n) is 14.8. The number of phenolic OH excluding ortho intramolecular Hbond substituents is 3. The minimum Gasteiger partial charge on any atom is -0.507 e. The van der Waals surface area contributed by atoms with E-state index in [0.717, 1.165) is 34.2 Å².